The highest BCUT2D eigenvalue weighted by Crippen LogP contribution is 2.29. The number of nitrogens with zero attached hydrogens (tertiary/aromatic N) is 1. The van der Waals surface area contributed by atoms with E-state index in [-0.39, 0.29) is 24.6 Å². The fraction of sp³-hybridized carbons (Fsp3) is 0.533. The third-order valence-electron chi connectivity index (χ3n) is 3.12. The first-order valence-electron chi connectivity index (χ1n) is 7.32. The number of carbonyl (C=O) groups excluding carboxylic acids is 1. The molecule has 0 bridgehead atoms. The Labute approximate surface area is 139 Å². The van der Waals surface area contributed by atoms with Crippen molar-refractivity contribution in [2.75, 3.05) is 24.7 Å². The lowest BCUT2D eigenvalue weighted by Gasteiger charge is -2.21. The second kappa shape index (κ2) is 7.98. The average molecular weight is 366 g/mol. The second-order valence-electron chi connectivity index (χ2n) is 5.89. The van der Waals surface area contributed by atoms with Gasteiger partial charge in [0.05, 0.1) is 11.8 Å². The molecular formula is C15H21F3N2O3S. The molecule has 0 atom stereocenters. The van der Waals surface area contributed by atoms with Gasteiger partial charge in [-0.3, -0.25) is 4.79 Å². The number of nitrogens with one attached hydrogen (secondary N) is 1. The van der Waals surface area contributed by atoms with Gasteiger partial charge >= 0.3 is 6.18 Å². The van der Waals surface area contributed by atoms with Gasteiger partial charge < -0.3 is 5.32 Å². The second-order valence-corrected chi connectivity index (χ2v) is 7.87. The maximum atomic E-state index is 12.5. The summed E-state index contributed by atoms with van der Waals surface area (Å²) in [5.41, 5.74) is -0.580. The average Bonchev–Trinajstić information content (AvgIpc) is 2.41. The van der Waals surface area contributed by atoms with Crippen LogP contribution in [-0.4, -0.2) is 38.0 Å². The van der Waals surface area contributed by atoms with E-state index in [0.29, 0.717) is 6.54 Å². The molecule has 136 valence electrons. The van der Waals surface area contributed by atoms with Crippen LogP contribution in [0.5, 0.6) is 0 Å². The van der Waals surface area contributed by atoms with Crippen LogP contribution >= 0.6 is 0 Å². The van der Waals surface area contributed by atoms with Gasteiger partial charge in [-0.1, -0.05) is 13.8 Å². The molecule has 0 radical (unpaired) electrons. The quantitative estimate of drug-likeness (QED) is 0.807. The molecule has 1 aromatic rings. The molecule has 0 fully saturated rings. The van der Waals surface area contributed by atoms with Crippen molar-refractivity contribution in [2.24, 2.45) is 5.92 Å². The van der Waals surface area contributed by atoms with E-state index in [1.807, 2.05) is 13.8 Å². The van der Waals surface area contributed by atoms with Crippen LogP contribution in [0.1, 0.15) is 25.8 Å². The van der Waals surface area contributed by atoms with E-state index in [1.54, 1.807) is 0 Å². The minimum atomic E-state index is -4.44. The van der Waals surface area contributed by atoms with Gasteiger partial charge in [0, 0.05) is 25.2 Å². The van der Waals surface area contributed by atoms with Crippen molar-refractivity contribution in [3.05, 3.63) is 29.8 Å². The lowest BCUT2D eigenvalue weighted by Crippen LogP contribution is -2.35. The van der Waals surface area contributed by atoms with Crippen LogP contribution in [0.4, 0.5) is 18.9 Å². The Balaban J connectivity index is 2.62. The van der Waals surface area contributed by atoms with Crippen molar-refractivity contribution in [2.45, 2.75) is 26.4 Å². The molecule has 0 saturated carbocycles. The van der Waals surface area contributed by atoms with Crippen molar-refractivity contribution in [1.29, 1.82) is 0 Å². The lowest BCUT2D eigenvalue weighted by molar-refractivity contribution is -0.137. The number of sulfonamides is 1. The summed E-state index contributed by atoms with van der Waals surface area (Å²) in [6, 6.07) is 4.06. The summed E-state index contributed by atoms with van der Waals surface area (Å²) < 4.78 is 61.9. The Kier molecular flexibility index (Phi) is 6.79. The summed E-state index contributed by atoms with van der Waals surface area (Å²) in [6.07, 6.45) is -3.45. The first kappa shape index (κ1) is 20.4. The molecule has 0 aliphatic heterocycles. The van der Waals surface area contributed by atoms with Crippen LogP contribution in [0.25, 0.3) is 0 Å². The molecule has 1 aromatic carbocycles. The zero-order chi connectivity index (χ0) is 18.5. The van der Waals surface area contributed by atoms with Crippen LogP contribution in [0, 0.1) is 5.92 Å². The number of hydrogen-bond donors (Lipinski definition) is 1. The van der Waals surface area contributed by atoms with E-state index in [0.717, 1.165) is 30.5 Å². The first-order chi connectivity index (χ1) is 10.9. The van der Waals surface area contributed by atoms with E-state index < -0.39 is 27.7 Å². The number of anilines is 1. The van der Waals surface area contributed by atoms with Gasteiger partial charge in [0.2, 0.25) is 15.9 Å². The Hall–Kier alpha value is -1.61. The Morgan fingerprint density at radius 1 is 1.21 bits per heavy atom. The topological polar surface area (TPSA) is 66.5 Å². The zero-order valence-electron chi connectivity index (χ0n) is 13.7. The van der Waals surface area contributed by atoms with Gasteiger partial charge in [-0.05, 0) is 30.2 Å². The molecule has 9 heteroatoms. The summed E-state index contributed by atoms with van der Waals surface area (Å²) >= 11 is 0. The van der Waals surface area contributed by atoms with Gasteiger partial charge in [0.1, 0.15) is 0 Å². The molecule has 0 saturated heterocycles. The molecule has 0 aromatic heterocycles. The van der Waals surface area contributed by atoms with E-state index in [4.69, 9.17) is 0 Å². The SMILES string of the molecule is CC(C)CN(CCC(=O)Nc1ccc(C(F)(F)F)cc1)S(C)(=O)=O. The summed E-state index contributed by atoms with van der Waals surface area (Å²) in [6.45, 7) is 4.04. The molecule has 1 N–H and O–H groups in total. The van der Waals surface area contributed by atoms with E-state index in [9.17, 15) is 26.4 Å². The van der Waals surface area contributed by atoms with E-state index in [1.165, 1.54) is 4.31 Å². The van der Waals surface area contributed by atoms with Gasteiger partial charge in [0.25, 0.3) is 0 Å². The van der Waals surface area contributed by atoms with Crippen molar-refractivity contribution in [3.63, 3.8) is 0 Å². The number of alkyl halides is 3. The zero-order valence-corrected chi connectivity index (χ0v) is 14.5. The fourth-order valence-corrected chi connectivity index (χ4v) is 2.98. The maximum Gasteiger partial charge on any atom is 0.416 e. The number of amides is 1. The fourth-order valence-electron chi connectivity index (χ4n) is 1.99. The van der Waals surface area contributed by atoms with Crippen molar-refractivity contribution < 1.29 is 26.4 Å². The molecule has 1 rings (SSSR count). The predicted octanol–water partition coefficient (Wildman–Crippen LogP) is 2.95. The molecule has 0 aliphatic carbocycles. The van der Waals surface area contributed by atoms with Crippen LogP contribution < -0.4 is 5.32 Å². The largest absolute Gasteiger partial charge is 0.416 e. The van der Waals surface area contributed by atoms with Crippen LogP contribution in [0.3, 0.4) is 0 Å². The highest BCUT2D eigenvalue weighted by molar-refractivity contribution is 7.88. The summed E-state index contributed by atoms with van der Waals surface area (Å²) in [5.74, 6) is -0.357. The maximum absolute atomic E-state index is 12.5. The normalized spacial score (nSPS) is 12.7. The van der Waals surface area contributed by atoms with Crippen molar-refractivity contribution >= 4 is 21.6 Å². The van der Waals surface area contributed by atoms with Crippen molar-refractivity contribution in [3.8, 4) is 0 Å². The minimum absolute atomic E-state index is 0.0173. The molecular weight excluding hydrogens is 345 g/mol. The molecule has 1 amide bonds. The standard InChI is InChI=1S/C15H21F3N2O3S/c1-11(2)10-20(24(3,22)23)9-8-14(21)19-13-6-4-12(5-7-13)15(16,17)18/h4-7,11H,8-10H2,1-3H3,(H,19,21). The predicted molar refractivity (Wildman–Crippen MR) is 85.9 cm³/mol. The monoisotopic (exact) mass is 366 g/mol. The van der Waals surface area contributed by atoms with Gasteiger partial charge in [-0.15, -0.1) is 0 Å². The van der Waals surface area contributed by atoms with Crippen LogP contribution in [0.15, 0.2) is 24.3 Å². The Morgan fingerprint density at radius 2 is 1.75 bits per heavy atom. The summed E-state index contributed by atoms with van der Waals surface area (Å²) in [5, 5.41) is 2.45. The van der Waals surface area contributed by atoms with Gasteiger partial charge in [-0.2, -0.15) is 13.2 Å². The number of halogens is 3. The van der Waals surface area contributed by atoms with Gasteiger partial charge in [0.15, 0.2) is 0 Å². The molecule has 0 spiro atoms. The lowest BCUT2D eigenvalue weighted by atomic mass is 10.2. The highest BCUT2D eigenvalue weighted by atomic mass is 32.2. The number of hydrogen-bond acceptors (Lipinski definition) is 3. The minimum Gasteiger partial charge on any atom is -0.326 e. The third-order valence-corrected chi connectivity index (χ3v) is 4.39. The van der Waals surface area contributed by atoms with E-state index in [2.05, 4.69) is 5.32 Å². The Bertz CT molecular complexity index is 656. The third kappa shape index (κ3) is 6.88. The van der Waals surface area contributed by atoms with Crippen molar-refractivity contribution in [1.82, 2.24) is 4.31 Å². The molecule has 0 heterocycles. The van der Waals surface area contributed by atoms with Crippen LogP contribution in [0.2, 0.25) is 0 Å². The first-order valence-corrected chi connectivity index (χ1v) is 9.16. The highest BCUT2D eigenvalue weighted by Gasteiger charge is 2.30. The van der Waals surface area contributed by atoms with Gasteiger partial charge in [-0.25, -0.2) is 12.7 Å². The number of rotatable bonds is 7. The molecule has 5 nitrogen and oxygen atoms in total. The van der Waals surface area contributed by atoms with E-state index >= 15 is 0 Å². The molecule has 24 heavy (non-hydrogen) atoms. The smallest absolute Gasteiger partial charge is 0.326 e. The summed E-state index contributed by atoms with van der Waals surface area (Å²) in [7, 11) is -3.42. The molecule has 0 aliphatic rings. The summed E-state index contributed by atoms with van der Waals surface area (Å²) in [4.78, 5) is 11.9. The number of benzene rings is 1. The van der Waals surface area contributed by atoms with Crippen LogP contribution in [-0.2, 0) is 21.0 Å². The molecule has 0 unspecified atom stereocenters. The Morgan fingerprint density at radius 3 is 2.17 bits per heavy atom. The number of carbonyl (C=O) groups is 1.